The Balaban J connectivity index is 1.89. The minimum atomic E-state index is -0.741. The number of amides is 1. The number of hydrogen-bond acceptors (Lipinski definition) is 3. The van der Waals surface area contributed by atoms with E-state index < -0.39 is 5.60 Å². The van der Waals surface area contributed by atoms with Crippen molar-refractivity contribution in [3.05, 3.63) is 42.1 Å². The smallest absolute Gasteiger partial charge is 0.254 e. The number of nitrogens with zero attached hydrogens (tertiary/aromatic N) is 2. The van der Waals surface area contributed by atoms with Crippen molar-refractivity contribution in [1.29, 1.82) is 0 Å². The van der Waals surface area contributed by atoms with Gasteiger partial charge in [-0.3, -0.25) is 9.78 Å². The van der Waals surface area contributed by atoms with Crippen LogP contribution in [0.1, 0.15) is 30.6 Å². The van der Waals surface area contributed by atoms with Gasteiger partial charge in [0.05, 0.1) is 16.7 Å². The third-order valence-electron chi connectivity index (χ3n) is 4.35. The summed E-state index contributed by atoms with van der Waals surface area (Å²) in [6.45, 7) is 4.93. The second-order valence-corrected chi connectivity index (χ2v) is 6.27. The van der Waals surface area contributed by atoms with Crippen LogP contribution in [-0.2, 0) is 0 Å². The van der Waals surface area contributed by atoms with Gasteiger partial charge >= 0.3 is 0 Å². The molecule has 1 N–H and O–H groups in total. The molecule has 1 aliphatic heterocycles. The molecular formula is C17H20N2O2. The molecular weight excluding hydrogens is 264 g/mol. The van der Waals surface area contributed by atoms with Gasteiger partial charge in [-0.05, 0) is 32.4 Å². The molecule has 4 nitrogen and oxygen atoms in total. The van der Waals surface area contributed by atoms with Crippen molar-refractivity contribution in [2.45, 2.75) is 25.9 Å². The first-order valence-electron chi connectivity index (χ1n) is 7.32. The molecule has 0 unspecified atom stereocenters. The van der Waals surface area contributed by atoms with Gasteiger partial charge in [0.1, 0.15) is 0 Å². The number of fused-ring (bicyclic) bond motifs is 1. The van der Waals surface area contributed by atoms with Crippen LogP contribution in [0.3, 0.4) is 0 Å². The van der Waals surface area contributed by atoms with E-state index in [1.54, 1.807) is 12.3 Å². The van der Waals surface area contributed by atoms with Gasteiger partial charge in [0, 0.05) is 30.6 Å². The SMILES string of the molecule is CC(C)(O)[C@@H]1CCN(C(=O)c2ccnc3ccccc23)C1. The Morgan fingerprint density at radius 1 is 1.33 bits per heavy atom. The van der Waals surface area contributed by atoms with Crippen molar-refractivity contribution >= 4 is 16.8 Å². The molecule has 0 spiro atoms. The van der Waals surface area contributed by atoms with Crippen LogP contribution in [0.5, 0.6) is 0 Å². The summed E-state index contributed by atoms with van der Waals surface area (Å²) in [4.78, 5) is 18.9. The van der Waals surface area contributed by atoms with Gasteiger partial charge < -0.3 is 10.0 Å². The lowest BCUT2D eigenvalue weighted by Crippen LogP contribution is -2.35. The molecule has 2 aromatic rings. The zero-order valence-corrected chi connectivity index (χ0v) is 12.4. The number of hydrogen-bond donors (Lipinski definition) is 1. The van der Waals surface area contributed by atoms with Crippen molar-refractivity contribution in [2.75, 3.05) is 13.1 Å². The Labute approximate surface area is 124 Å². The molecule has 1 aromatic heterocycles. The van der Waals surface area contributed by atoms with Crippen LogP contribution in [0, 0.1) is 5.92 Å². The summed E-state index contributed by atoms with van der Waals surface area (Å²) in [5.74, 6) is 0.162. The van der Waals surface area contributed by atoms with Gasteiger partial charge in [-0.25, -0.2) is 0 Å². The van der Waals surface area contributed by atoms with Crippen LogP contribution >= 0.6 is 0 Å². The average molecular weight is 284 g/mol. The van der Waals surface area contributed by atoms with E-state index in [1.165, 1.54) is 0 Å². The van der Waals surface area contributed by atoms with Gasteiger partial charge in [0.25, 0.3) is 5.91 Å². The first kappa shape index (κ1) is 14.0. The Hall–Kier alpha value is -1.94. The predicted molar refractivity (Wildman–Crippen MR) is 82.1 cm³/mol. The Morgan fingerprint density at radius 2 is 2.10 bits per heavy atom. The standard InChI is InChI=1S/C17H20N2O2/c1-17(2,21)12-8-10-19(11-12)16(20)14-7-9-18-15-6-4-3-5-13(14)15/h3-7,9,12,21H,8,10-11H2,1-2H3/t12-/m1/s1. The van der Waals surface area contributed by atoms with Gasteiger partial charge in [-0.1, -0.05) is 18.2 Å². The van der Waals surface area contributed by atoms with E-state index in [1.807, 2.05) is 43.0 Å². The highest BCUT2D eigenvalue weighted by Crippen LogP contribution is 2.29. The molecule has 1 saturated heterocycles. The quantitative estimate of drug-likeness (QED) is 0.921. The average Bonchev–Trinajstić information content (AvgIpc) is 2.96. The molecule has 1 aliphatic rings. The third-order valence-corrected chi connectivity index (χ3v) is 4.35. The van der Waals surface area contributed by atoms with E-state index in [9.17, 15) is 9.90 Å². The van der Waals surface area contributed by atoms with Gasteiger partial charge in [-0.15, -0.1) is 0 Å². The highest BCUT2D eigenvalue weighted by molar-refractivity contribution is 6.06. The lowest BCUT2D eigenvalue weighted by atomic mass is 9.90. The third kappa shape index (κ3) is 2.63. The molecule has 1 atom stereocenters. The summed E-state index contributed by atoms with van der Waals surface area (Å²) in [6.07, 6.45) is 2.53. The van der Waals surface area contributed by atoms with Crippen molar-refractivity contribution in [3.8, 4) is 0 Å². The maximum Gasteiger partial charge on any atom is 0.254 e. The molecule has 1 fully saturated rings. The zero-order chi connectivity index (χ0) is 15.0. The number of carbonyl (C=O) groups excluding carboxylic acids is 1. The molecule has 0 saturated carbocycles. The molecule has 110 valence electrons. The molecule has 0 radical (unpaired) electrons. The first-order chi connectivity index (χ1) is 9.97. The van der Waals surface area contributed by atoms with Crippen LogP contribution in [0.15, 0.2) is 36.5 Å². The molecule has 1 aromatic carbocycles. The van der Waals surface area contributed by atoms with E-state index in [-0.39, 0.29) is 11.8 Å². The second-order valence-electron chi connectivity index (χ2n) is 6.27. The summed E-state index contributed by atoms with van der Waals surface area (Å²) < 4.78 is 0. The van der Waals surface area contributed by atoms with Crippen molar-refractivity contribution in [2.24, 2.45) is 5.92 Å². The first-order valence-corrected chi connectivity index (χ1v) is 7.32. The van der Waals surface area contributed by atoms with Crippen molar-refractivity contribution in [3.63, 3.8) is 0 Å². The van der Waals surface area contributed by atoms with E-state index >= 15 is 0 Å². The van der Waals surface area contributed by atoms with Crippen molar-refractivity contribution in [1.82, 2.24) is 9.88 Å². The van der Waals surface area contributed by atoms with E-state index in [2.05, 4.69) is 4.98 Å². The highest BCUT2D eigenvalue weighted by Gasteiger charge is 2.35. The molecule has 4 heteroatoms. The summed E-state index contributed by atoms with van der Waals surface area (Å²) >= 11 is 0. The number of aliphatic hydroxyl groups is 1. The number of para-hydroxylation sites is 1. The van der Waals surface area contributed by atoms with Crippen molar-refractivity contribution < 1.29 is 9.90 Å². The van der Waals surface area contributed by atoms with E-state index in [4.69, 9.17) is 0 Å². The van der Waals surface area contributed by atoms with E-state index in [0.29, 0.717) is 18.7 Å². The minimum absolute atomic E-state index is 0.0281. The van der Waals surface area contributed by atoms with Crippen LogP contribution in [0.2, 0.25) is 0 Å². The Morgan fingerprint density at radius 3 is 2.81 bits per heavy atom. The molecule has 3 rings (SSSR count). The summed E-state index contributed by atoms with van der Waals surface area (Å²) in [5, 5.41) is 11.0. The lowest BCUT2D eigenvalue weighted by molar-refractivity contribution is 0.0211. The minimum Gasteiger partial charge on any atom is -0.390 e. The number of likely N-dealkylation sites (tertiary alicyclic amines) is 1. The van der Waals surface area contributed by atoms with Crippen LogP contribution < -0.4 is 0 Å². The number of aromatic nitrogens is 1. The van der Waals surface area contributed by atoms with Gasteiger partial charge in [0.15, 0.2) is 0 Å². The fraction of sp³-hybridized carbons (Fsp3) is 0.412. The number of carbonyl (C=O) groups is 1. The molecule has 21 heavy (non-hydrogen) atoms. The molecule has 1 amide bonds. The van der Waals surface area contributed by atoms with E-state index in [0.717, 1.165) is 17.3 Å². The monoisotopic (exact) mass is 284 g/mol. The van der Waals surface area contributed by atoms with Crippen LogP contribution in [-0.4, -0.2) is 39.6 Å². The summed E-state index contributed by atoms with van der Waals surface area (Å²) in [7, 11) is 0. The van der Waals surface area contributed by atoms with Gasteiger partial charge in [-0.2, -0.15) is 0 Å². The lowest BCUT2D eigenvalue weighted by Gasteiger charge is -2.25. The summed E-state index contributed by atoms with van der Waals surface area (Å²) in [6, 6.07) is 9.46. The second kappa shape index (κ2) is 5.11. The summed E-state index contributed by atoms with van der Waals surface area (Å²) in [5.41, 5.74) is 0.786. The number of pyridine rings is 1. The largest absolute Gasteiger partial charge is 0.390 e. The Kier molecular flexibility index (Phi) is 3.41. The molecule has 0 bridgehead atoms. The normalized spacial score (nSPS) is 19.2. The number of rotatable bonds is 2. The Bertz CT molecular complexity index is 671. The van der Waals surface area contributed by atoms with Gasteiger partial charge in [0.2, 0.25) is 0 Å². The van der Waals surface area contributed by atoms with Crippen LogP contribution in [0.25, 0.3) is 10.9 Å². The molecule has 2 heterocycles. The fourth-order valence-electron chi connectivity index (χ4n) is 2.97. The number of benzene rings is 1. The predicted octanol–water partition coefficient (Wildman–Crippen LogP) is 2.47. The zero-order valence-electron chi connectivity index (χ0n) is 12.4. The maximum atomic E-state index is 12.7. The maximum absolute atomic E-state index is 12.7. The topological polar surface area (TPSA) is 53.4 Å². The fourth-order valence-corrected chi connectivity index (χ4v) is 2.97. The molecule has 0 aliphatic carbocycles. The van der Waals surface area contributed by atoms with Crippen LogP contribution in [0.4, 0.5) is 0 Å². The highest BCUT2D eigenvalue weighted by atomic mass is 16.3.